The van der Waals surface area contributed by atoms with E-state index in [0.717, 1.165) is 46.3 Å². The molecule has 0 radical (unpaired) electrons. The van der Waals surface area contributed by atoms with Crippen molar-refractivity contribution in [2.75, 3.05) is 5.32 Å². The van der Waals surface area contributed by atoms with Crippen LogP contribution in [0.3, 0.4) is 0 Å². The molecule has 0 unspecified atom stereocenters. The van der Waals surface area contributed by atoms with Crippen LogP contribution in [-0.4, -0.2) is 21.4 Å². The third-order valence-electron chi connectivity index (χ3n) is 5.82. The number of aromatic nitrogens is 2. The Hall–Kier alpha value is -3.00. The predicted molar refractivity (Wildman–Crippen MR) is 132 cm³/mol. The summed E-state index contributed by atoms with van der Waals surface area (Å²) in [6, 6.07) is 7.46. The minimum Gasteiger partial charge on any atom is -0.352 e. The van der Waals surface area contributed by atoms with Crippen molar-refractivity contribution in [3.63, 3.8) is 0 Å². The molecule has 1 aliphatic rings. The van der Waals surface area contributed by atoms with Crippen LogP contribution in [0.4, 0.5) is 5.69 Å². The van der Waals surface area contributed by atoms with Gasteiger partial charge in [-0.1, -0.05) is 26.0 Å². The van der Waals surface area contributed by atoms with E-state index in [4.69, 9.17) is 0 Å². The molecule has 1 aliphatic carbocycles. The molecule has 0 spiro atoms. The summed E-state index contributed by atoms with van der Waals surface area (Å²) < 4.78 is 1.55. The molecular weight excluding hydrogens is 436 g/mol. The molecular formula is C25H30N4O3S. The number of fused-ring (bicyclic) bond motifs is 3. The smallest absolute Gasteiger partial charge is 0.262 e. The van der Waals surface area contributed by atoms with Crippen molar-refractivity contribution in [3.05, 3.63) is 57.0 Å². The summed E-state index contributed by atoms with van der Waals surface area (Å²) in [7, 11) is 0. The molecule has 0 saturated heterocycles. The molecule has 4 rings (SSSR count). The minimum atomic E-state index is -0.136. The van der Waals surface area contributed by atoms with E-state index in [2.05, 4.69) is 15.6 Å². The van der Waals surface area contributed by atoms with E-state index in [1.807, 2.05) is 38.1 Å². The minimum absolute atomic E-state index is 0.0194. The number of rotatable bonds is 8. The Bertz CT molecular complexity index is 1230. The van der Waals surface area contributed by atoms with Crippen LogP contribution in [0.15, 0.2) is 35.4 Å². The Balaban J connectivity index is 1.33. The van der Waals surface area contributed by atoms with E-state index >= 15 is 0 Å². The lowest BCUT2D eigenvalue weighted by Gasteiger charge is -2.11. The van der Waals surface area contributed by atoms with Gasteiger partial charge in [-0.2, -0.15) is 0 Å². The van der Waals surface area contributed by atoms with Gasteiger partial charge in [-0.05, 0) is 54.9 Å². The Morgan fingerprint density at radius 2 is 2.00 bits per heavy atom. The van der Waals surface area contributed by atoms with Crippen molar-refractivity contribution in [1.29, 1.82) is 0 Å². The molecule has 2 amide bonds. The summed E-state index contributed by atoms with van der Waals surface area (Å²) in [5.41, 5.74) is 2.74. The third kappa shape index (κ3) is 5.68. The zero-order valence-electron chi connectivity index (χ0n) is 19.1. The second kappa shape index (κ2) is 10.3. The highest BCUT2D eigenvalue weighted by atomic mass is 32.1. The fourth-order valence-corrected chi connectivity index (χ4v) is 5.41. The number of thiophene rings is 1. The monoisotopic (exact) mass is 466 g/mol. The zero-order chi connectivity index (χ0) is 23.4. The van der Waals surface area contributed by atoms with E-state index in [0.29, 0.717) is 25.4 Å². The average molecular weight is 467 g/mol. The quantitative estimate of drug-likeness (QED) is 0.524. The van der Waals surface area contributed by atoms with Crippen molar-refractivity contribution in [3.8, 4) is 0 Å². The van der Waals surface area contributed by atoms with Gasteiger partial charge in [0.2, 0.25) is 11.8 Å². The fraction of sp³-hybridized carbons (Fsp3) is 0.440. The molecule has 0 bridgehead atoms. The Kier molecular flexibility index (Phi) is 7.23. The molecule has 7 nitrogen and oxygen atoms in total. The van der Waals surface area contributed by atoms with Crippen LogP contribution in [0.1, 0.15) is 55.5 Å². The van der Waals surface area contributed by atoms with Crippen molar-refractivity contribution in [2.24, 2.45) is 5.92 Å². The molecule has 2 aromatic heterocycles. The summed E-state index contributed by atoms with van der Waals surface area (Å²) >= 11 is 1.63. The Labute approximate surface area is 197 Å². The number of carbonyl (C=O) groups excluding carboxylic acids is 2. The van der Waals surface area contributed by atoms with E-state index in [1.165, 1.54) is 11.3 Å². The first kappa shape index (κ1) is 23.2. The summed E-state index contributed by atoms with van der Waals surface area (Å²) in [6.07, 6.45) is 6.47. The summed E-state index contributed by atoms with van der Waals surface area (Å²) in [5, 5.41) is 6.53. The first-order chi connectivity index (χ1) is 15.9. The van der Waals surface area contributed by atoms with Crippen LogP contribution in [0.5, 0.6) is 0 Å². The van der Waals surface area contributed by atoms with Gasteiger partial charge in [0, 0.05) is 36.5 Å². The molecule has 8 heteroatoms. The standard InChI is InChI=1S/C25H30N4O3S/c1-16(2)12-22(31)28-18-7-5-6-17(13-18)14-26-21(30)10-11-29-15-27-24-23(25(29)32)19-8-3-4-9-20(19)33-24/h5-7,13,15-16H,3-4,8-12,14H2,1-2H3,(H,26,30)(H,28,31). The largest absolute Gasteiger partial charge is 0.352 e. The molecule has 174 valence electrons. The number of benzene rings is 1. The Morgan fingerprint density at radius 1 is 1.18 bits per heavy atom. The molecule has 2 N–H and O–H groups in total. The van der Waals surface area contributed by atoms with Gasteiger partial charge in [-0.15, -0.1) is 11.3 Å². The van der Waals surface area contributed by atoms with E-state index < -0.39 is 0 Å². The molecule has 0 atom stereocenters. The van der Waals surface area contributed by atoms with Gasteiger partial charge < -0.3 is 10.6 Å². The molecule has 0 saturated carbocycles. The van der Waals surface area contributed by atoms with Crippen molar-refractivity contribution >= 4 is 39.1 Å². The fourth-order valence-electron chi connectivity index (χ4n) is 4.19. The first-order valence-corrected chi connectivity index (χ1v) is 12.4. The maximum Gasteiger partial charge on any atom is 0.262 e. The lowest BCUT2D eigenvalue weighted by atomic mass is 9.97. The predicted octanol–water partition coefficient (Wildman–Crippen LogP) is 4.03. The summed E-state index contributed by atoms with van der Waals surface area (Å²) in [4.78, 5) is 44.0. The van der Waals surface area contributed by atoms with Gasteiger partial charge in [-0.3, -0.25) is 19.0 Å². The number of hydrogen-bond acceptors (Lipinski definition) is 5. The maximum atomic E-state index is 13.0. The topological polar surface area (TPSA) is 93.1 Å². The molecule has 1 aromatic carbocycles. The van der Waals surface area contributed by atoms with Crippen LogP contribution in [0.25, 0.3) is 10.2 Å². The number of aryl methyl sites for hydroxylation is 3. The molecule has 33 heavy (non-hydrogen) atoms. The van der Waals surface area contributed by atoms with Gasteiger partial charge in [0.25, 0.3) is 5.56 Å². The van der Waals surface area contributed by atoms with Gasteiger partial charge >= 0.3 is 0 Å². The molecule has 3 aromatic rings. The summed E-state index contributed by atoms with van der Waals surface area (Å²) in [5.74, 6) is 0.138. The van der Waals surface area contributed by atoms with E-state index in [9.17, 15) is 14.4 Å². The van der Waals surface area contributed by atoms with Gasteiger partial charge in [0.1, 0.15) is 4.83 Å². The second-order valence-electron chi connectivity index (χ2n) is 9.01. The first-order valence-electron chi connectivity index (χ1n) is 11.6. The van der Waals surface area contributed by atoms with Gasteiger partial charge in [-0.25, -0.2) is 4.98 Å². The second-order valence-corrected chi connectivity index (χ2v) is 10.1. The number of nitrogens with one attached hydrogen (secondary N) is 2. The van der Waals surface area contributed by atoms with Crippen molar-refractivity contribution < 1.29 is 9.59 Å². The molecule has 0 aliphatic heterocycles. The van der Waals surface area contributed by atoms with E-state index in [1.54, 1.807) is 22.2 Å². The highest BCUT2D eigenvalue weighted by Gasteiger charge is 2.20. The van der Waals surface area contributed by atoms with Crippen molar-refractivity contribution in [1.82, 2.24) is 14.9 Å². The Morgan fingerprint density at radius 3 is 2.82 bits per heavy atom. The highest BCUT2D eigenvalue weighted by Crippen LogP contribution is 2.33. The lowest BCUT2D eigenvalue weighted by Crippen LogP contribution is -2.27. The molecule has 2 heterocycles. The SMILES string of the molecule is CC(C)CC(=O)Nc1cccc(CNC(=O)CCn2cnc3sc4c(c3c2=O)CCCC4)c1. The normalized spacial score (nSPS) is 13.2. The molecule has 0 fully saturated rings. The summed E-state index contributed by atoms with van der Waals surface area (Å²) in [6.45, 7) is 4.66. The number of anilines is 1. The van der Waals surface area contributed by atoms with Crippen LogP contribution in [0, 0.1) is 5.92 Å². The van der Waals surface area contributed by atoms with Gasteiger partial charge in [0.15, 0.2) is 0 Å². The number of amides is 2. The zero-order valence-corrected chi connectivity index (χ0v) is 20.0. The van der Waals surface area contributed by atoms with Crippen LogP contribution in [0.2, 0.25) is 0 Å². The number of carbonyl (C=O) groups is 2. The van der Waals surface area contributed by atoms with Gasteiger partial charge in [0.05, 0.1) is 11.7 Å². The number of hydrogen-bond donors (Lipinski definition) is 2. The highest BCUT2D eigenvalue weighted by molar-refractivity contribution is 7.18. The van der Waals surface area contributed by atoms with Crippen LogP contribution in [-0.2, 0) is 35.5 Å². The lowest BCUT2D eigenvalue weighted by molar-refractivity contribution is -0.121. The number of nitrogens with zero attached hydrogens (tertiary/aromatic N) is 2. The third-order valence-corrected chi connectivity index (χ3v) is 7.02. The average Bonchev–Trinajstić information content (AvgIpc) is 3.16. The van der Waals surface area contributed by atoms with E-state index in [-0.39, 0.29) is 23.8 Å². The van der Waals surface area contributed by atoms with Crippen LogP contribution >= 0.6 is 11.3 Å². The maximum absolute atomic E-state index is 13.0. The van der Waals surface area contributed by atoms with Crippen molar-refractivity contribution in [2.45, 2.75) is 65.5 Å². The van der Waals surface area contributed by atoms with Crippen LogP contribution < -0.4 is 16.2 Å².